The van der Waals surface area contributed by atoms with Crippen LogP contribution < -0.4 is 4.90 Å². The molecule has 3 heterocycles. The lowest BCUT2D eigenvalue weighted by Gasteiger charge is -2.36. The molecule has 27 heavy (non-hydrogen) atoms. The lowest BCUT2D eigenvalue weighted by Crippen LogP contribution is -2.50. The van der Waals surface area contributed by atoms with Crippen molar-refractivity contribution < 1.29 is 9.32 Å². The normalized spacial score (nSPS) is 21.0. The quantitative estimate of drug-likeness (QED) is 0.819. The third-order valence-corrected chi connectivity index (χ3v) is 5.53. The van der Waals surface area contributed by atoms with Crippen LogP contribution in [0.4, 0.5) is 5.69 Å². The van der Waals surface area contributed by atoms with Gasteiger partial charge in [0, 0.05) is 45.0 Å². The largest absolute Gasteiger partial charge is 0.369 e. The van der Waals surface area contributed by atoms with Crippen LogP contribution >= 0.6 is 0 Å². The van der Waals surface area contributed by atoms with E-state index in [1.807, 2.05) is 11.8 Å². The summed E-state index contributed by atoms with van der Waals surface area (Å²) in [6.07, 6.45) is 0.897. The summed E-state index contributed by atoms with van der Waals surface area (Å²) in [6.45, 7) is 9.65. The zero-order chi connectivity index (χ0) is 18.8. The second-order valence-corrected chi connectivity index (χ2v) is 7.61. The van der Waals surface area contributed by atoms with Gasteiger partial charge in [-0.05, 0) is 38.0 Å². The van der Waals surface area contributed by atoms with Crippen LogP contribution in [0.1, 0.15) is 29.6 Å². The summed E-state index contributed by atoms with van der Waals surface area (Å²) in [5, 5.41) is 3.86. The van der Waals surface area contributed by atoms with E-state index in [-0.39, 0.29) is 11.8 Å². The van der Waals surface area contributed by atoms with Crippen molar-refractivity contribution in [3.8, 4) is 0 Å². The molecule has 0 bridgehead atoms. The zero-order valence-electron chi connectivity index (χ0n) is 16.1. The molecule has 2 aliphatic rings. The Kier molecular flexibility index (Phi) is 5.11. The summed E-state index contributed by atoms with van der Waals surface area (Å²) in [6, 6.07) is 8.62. The predicted molar refractivity (Wildman–Crippen MR) is 103 cm³/mol. The molecular formula is C20H27N5O2. The fourth-order valence-electron chi connectivity index (χ4n) is 3.95. The number of carbonyl (C=O) groups excluding carboxylic acids is 1. The van der Waals surface area contributed by atoms with Gasteiger partial charge in [-0.25, -0.2) is 0 Å². The van der Waals surface area contributed by atoms with Crippen LogP contribution in [0.5, 0.6) is 0 Å². The van der Waals surface area contributed by atoms with Crippen molar-refractivity contribution in [3.63, 3.8) is 0 Å². The first-order chi connectivity index (χ1) is 13.1. The van der Waals surface area contributed by atoms with Crippen LogP contribution in [-0.4, -0.2) is 71.7 Å². The maximum absolute atomic E-state index is 12.7. The third-order valence-electron chi connectivity index (χ3n) is 5.53. The molecule has 2 aliphatic heterocycles. The maximum Gasteiger partial charge on any atom is 0.236 e. The van der Waals surface area contributed by atoms with E-state index in [1.54, 1.807) is 0 Å². The monoisotopic (exact) mass is 369 g/mol. The molecule has 1 amide bonds. The number of nitrogens with zero attached hydrogens (tertiary/aromatic N) is 5. The van der Waals surface area contributed by atoms with E-state index < -0.39 is 0 Å². The molecule has 0 N–H and O–H groups in total. The molecule has 2 fully saturated rings. The number of anilines is 1. The molecule has 0 spiro atoms. The number of benzene rings is 1. The highest BCUT2D eigenvalue weighted by atomic mass is 16.5. The number of carbonyl (C=O) groups is 1. The van der Waals surface area contributed by atoms with Gasteiger partial charge in [-0.1, -0.05) is 17.3 Å². The van der Waals surface area contributed by atoms with Crippen LogP contribution in [0.15, 0.2) is 28.8 Å². The van der Waals surface area contributed by atoms with E-state index in [1.165, 1.54) is 11.3 Å². The van der Waals surface area contributed by atoms with Gasteiger partial charge in [0.25, 0.3) is 0 Å². The molecule has 0 aliphatic carbocycles. The average Bonchev–Trinajstić information content (AvgIpc) is 3.31. The molecule has 1 atom stereocenters. The number of amides is 1. The van der Waals surface area contributed by atoms with Crippen molar-refractivity contribution in [2.75, 3.05) is 50.7 Å². The van der Waals surface area contributed by atoms with Crippen molar-refractivity contribution in [2.45, 2.75) is 26.2 Å². The highest BCUT2D eigenvalue weighted by Gasteiger charge is 2.31. The summed E-state index contributed by atoms with van der Waals surface area (Å²) in [4.78, 5) is 23.6. The first-order valence-electron chi connectivity index (χ1n) is 9.70. The van der Waals surface area contributed by atoms with E-state index in [2.05, 4.69) is 51.1 Å². The first kappa shape index (κ1) is 18.0. The van der Waals surface area contributed by atoms with Crippen LogP contribution in [0.3, 0.4) is 0 Å². The van der Waals surface area contributed by atoms with Gasteiger partial charge < -0.3 is 14.3 Å². The molecule has 1 aromatic carbocycles. The van der Waals surface area contributed by atoms with Crippen molar-refractivity contribution >= 4 is 11.6 Å². The Hall–Kier alpha value is -2.41. The van der Waals surface area contributed by atoms with Gasteiger partial charge in [-0.15, -0.1) is 0 Å². The second-order valence-electron chi connectivity index (χ2n) is 7.61. The topological polar surface area (TPSA) is 65.7 Å². The van der Waals surface area contributed by atoms with E-state index in [0.29, 0.717) is 24.8 Å². The van der Waals surface area contributed by atoms with Crippen LogP contribution in [-0.2, 0) is 4.79 Å². The minimum absolute atomic E-state index is 0.174. The molecular weight excluding hydrogens is 342 g/mol. The number of rotatable bonds is 4. The van der Waals surface area contributed by atoms with Gasteiger partial charge in [-0.2, -0.15) is 4.98 Å². The van der Waals surface area contributed by atoms with Crippen LogP contribution in [0.25, 0.3) is 0 Å². The van der Waals surface area contributed by atoms with Crippen molar-refractivity contribution in [3.05, 3.63) is 41.5 Å². The number of hydrogen-bond acceptors (Lipinski definition) is 6. The lowest BCUT2D eigenvalue weighted by atomic mass is 10.1. The Morgan fingerprint density at radius 3 is 2.70 bits per heavy atom. The van der Waals surface area contributed by atoms with Gasteiger partial charge in [0.05, 0.1) is 12.5 Å². The molecule has 0 saturated carbocycles. The molecule has 0 unspecified atom stereocenters. The molecule has 2 aromatic rings. The average molecular weight is 369 g/mol. The number of hydrogen-bond donors (Lipinski definition) is 0. The third kappa shape index (κ3) is 4.13. The number of likely N-dealkylation sites (tertiary alicyclic amines) is 1. The molecule has 7 nitrogen and oxygen atoms in total. The Morgan fingerprint density at radius 1 is 1.19 bits per heavy atom. The summed E-state index contributed by atoms with van der Waals surface area (Å²) in [5.41, 5.74) is 2.56. The summed E-state index contributed by atoms with van der Waals surface area (Å²) >= 11 is 0. The maximum atomic E-state index is 12.7. The van der Waals surface area contributed by atoms with Gasteiger partial charge in [0.1, 0.15) is 0 Å². The number of piperazine rings is 1. The second kappa shape index (κ2) is 7.68. The van der Waals surface area contributed by atoms with E-state index in [0.717, 1.165) is 39.1 Å². The van der Waals surface area contributed by atoms with Crippen molar-refractivity contribution in [1.29, 1.82) is 0 Å². The number of aromatic nitrogens is 2. The number of aryl methyl sites for hydroxylation is 2. The fourth-order valence-corrected chi connectivity index (χ4v) is 3.95. The molecule has 0 radical (unpaired) electrons. The molecule has 4 rings (SSSR count). The van der Waals surface area contributed by atoms with Gasteiger partial charge >= 0.3 is 0 Å². The minimum atomic E-state index is 0.174. The van der Waals surface area contributed by atoms with Gasteiger partial charge in [0.2, 0.25) is 11.8 Å². The predicted octanol–water partition coefficient (Wildman–Crippen LogP) is 1.82. The van der Waals surface area contributed by atoms with Gasteiger partial charge in [0.15, 0.2) is 5.82 Å². The SMILES string of the molecule is Cc1cccc(N2CCN(CC(=O)N3CC[C@H](c4nc(C)no4)C3)CC2)c1. The first-order valence-corrected chi connectivity index (χ1v) is 9.70. The molecule has 7 heteroatoms. The van der Waals surface area contributed by atoms with E-state index >= 15 is 0 Å². The lowest BCUT2D eigenvalue weighted by molar-refractivity contribution is -0.131. The van der Waals surface area contributed by atoms with Gasteiger partial charge in [-0.3, -0.25) is 9.69 Å². The Labute approximate surface area is 159 Å². The van der Waals surface area contributed by atoms with E-state index in [9.17, 15) is 4.79 Å². The Bertz CT molecular complexity index is 797. The molecule has 144 valence electrons. The van der Waals surface area contributed by atoms with Crippen molar-refractivity contribution in [2.24, 2.45) is 0 Å². The molecule has 1 aromatic heterocycles. The standard InChI is InChI=1S/C20H27N5O2/c1-15-4-3-5-18(12-15)24-10-8-23(9-11-24)14-19(26)25-7-6-17(13-25)20-21-16(2)22-27-20/h3-5,12,17H,6-11,13-14H2,1-2H3/t17-/m0/s1. The fraction of sp³-hybridized carbons (Fsp3) is 0.550. The van der Waals surface area contributed by atoms with Crippen LogP contribution in [0, 0.1) is 13.8 Å². The zero-order valence-corrected chi connectivity index (χ0v) is 16.1. The summed E-state index contributed by atoms with van der Waals surface area (Å²) in [5.74, 6) is 1.70. The minimum Gasteiger partial charge on any atom is -0.369 e. The molecule has 2 saturated heterocycles. The highest BCUT2D eigenvalue weighted by molar-refractivity contribution is 5.78. The Morgan fingerprint density at radius 2 is 2.00 bits per heavy atom. The highest BCUT2D eigenvalue weighted by Crippen LogP contribution is 2.26. The van der Waals surface area contributed by atoms with Crippen molar-refractivity contribution in [1.82, 2.24) is 19.9 Å². The summed E-state index contributed by atoms with van der Waals surface area (Å²) in [7, 11) is 0. The van der Waals surface area contributed by atoms with E-state index in [4.69, 9.17) is 4.52 Å². The van der Waals surface area contributed by atoms with Crippen LogP contribution in [0.2, 0.25) is 0 Å². The Balaban J connectivity index is 1.26. The smallest absolute Gasteiger partial charge is 0.236 e. The summed E-state index contributed by atoms with van der Waals surface area (Å²) < 4.78 is 5.27.